The van der Waals surface area contributed by atoms with Crippen molar-refractivity contribution in [1.82, 2.24) is 34.1 Å². The van der Waals surface area contributed by atoms with E-state index in [2.05, 4.69) is 20.1 Å². The summed E-state index contributed by atoms with van der Waals surface area (Å²) < 4.78 is 9.18. The van der Waals surface area contributed by atoms with E-state index < -0.39 is 0 Å². The van der Waals surface area contributed by atoms with Crippen LogP contribution in [0.15, 0.2) is 36.9 Å². The number of carbonyl (C=O) groups excluding carboxylic acids is 1. The Balaban J connectivity index is 1.19. The first-order valence-electron chi connectivity index (χ1n) is 10.8. The van der Waals surface area contributed by atoms with E-state index in [1.807, 2.05) is 47.2 Å². The SMILES string of the molecule is Cc1nc2c3ccccc3nn2c(C)c1CCC(=O)OCCCn1cnc2c(N)ncnc21. The van der Waals surface area contributed by atoms with Gasteiger partial charge >= 0.3 is 5.97 Å². The number of nitrogens with two attached hydrogens (primary N) is 1. The van der Waals surface area contributed by atoms with Crippen LogP contribution in [0.4, 0.5) is 5.82 Å². The monoisotopic (exact) mass is 444 g/mol. The van der Waals surface area contributed by atoms with Crippen LogP contribution in [-0.2, 0) is 22.5 Å². The molecule has 0 atom stereocenters. The molecule has 4 heterocycles. The van der Waals surface area contributed by atoms with Crippen LogP contribution in [0.3, 0.4) is 0 Å². The molecule has 4 aromatic heterocycles. The van der Waals surface area contributed by atoms with Gasteiger partial charge in [-0.1, -0.05) is 12.1 Å². The molecule has 0 unspecified atom stereocenters. The van der Waals surface area contributed by atoms with Gasteiger partial charge in [-0.15, -0.1) is 0 Å². The maximum absolute atomic E-state index is 12.3. The quantitative estimate of drug-likeness (QED) is 0.300. The second-order valence-electron chi connectivity index (χ2n) is 7.96. The molecule has 0 aliphatic rings. The predicted molar refractivity (Wildman–Crippen MR) is 124 cm³/mol. The molecule has 33 heavy (non-hydrogen) atoms. The van der Waals surface area contributed by atoms with Crippen LogP contribution in [0.1, 0.15) is 29.8 Å². The topological polar surface area (TPSA) is 126 Å². The van der Waals surface area contributed by atoms with Crippen LogP contribution in [0.25, 0.3) is 27.7 Å². The minimum atomic E-state index is -0.235. The van der Waals surface area contributed by atoms with Crippen molar-refractivity contribution in [3.05, 3.63) is 53.9 Å². The van der Waals surface area contributed by atoms with E-state index in [-0.39, 0.29) is 12.4 Å². The van der Waals surface area contributed by atoms with Crippen LogP contribution in [0, 0.1) is 13.8 Å². The van der Waals surface area contributed by atoms with Crippen molar-refractivity contribution >= 4 is 39.5 Å². The average molecular weight is 444 g/mol. The van der Waals surface area contributed by atoms with Gasteiger partial charge in [-0.05, 0) is 44.4 Å². The first kappa shape index (κ1) is 20.8. The minimum Gasteiger partial charge on any atom is -0.466 e. The summed E-state index contributed by atoms with van der Waals surface area (Å²) in [6.45, 7) is 4.92. The molecule has 168 valence electrons. The zero-order chi connectivity index (χ0) is 22.9. The number of aromatic nitrogens is 7. The standard InChI is InChI=1S/C23H24N8O2/c1-14-16(15(2)31-22(28-14)17-6-3-4-7-18(17)29-31)8-9-19(32)33-11-5-10-30-13-27-20-21(24)25-12-26-23(20)30/h3-4,6-7,12-13H,5,8-11H2,1-2H3,(H2,24,25,26). The number of rotatable bonds is 7. The lowest BCUT2D eigenvalue weighted by Crippen LogP contribution is -2.11. The Morgan fingerprint density at radius 2 is 1.97 bits per heavy atom. The number of ether oxygens (including phenoxy) is 1. The van der Waals surface area contributed by atoms with Crippen LogP contribution in [0.2, 0.25) is 0 Å². The molecule has 5 rings (SSSR count). The first-order valence-corrected chi connectivity index (χ1v) is 10.8. The van der Waals surface area contributed by atoms with E-state index in [0.717, 1.165) is 33.5 Å². The fraction of sp³-hybridized carbons (Fsp3) is 0.304. The van der Waals surface area contributed by atoms with Crippen molar-refractivity contribution in [3.8, 4) is 0 Å². The maximum Gasteiger partial charge on any atom is 0.306 e. The third-order valence-electron chi connectivity index (χ3n) is 5.83. The Labute approximate surface area is 189 Å². The van der Waals surface area contributed by atoms with E-state index in [4.69, 9.17) is 15.5 Å². The maximum atomic E-state index is 12.3. The van der Waals surface area contributed by atoms with Gasteiger partial charge in [-0.25, -0.2) is 24.5 Å². The number of fused-ring (bicyclic) bond motifs is 4. The molecule has 0 bridgehead atoms. The van der Waals surface area contributed by atoms with Gasteiger partial charge in [-0.3, -0.25) is 4.79 Å². The number of imidazole rings is 1. The molecule has 0 fully saturated rings. The normalized spacial score (nSPS) is 11.6. The van der Waals surface area contributed by atoms with Crippen molar-refractivity contribution in [2.24, 2.45) is 0 Å². The van der Waals surface area contributed by atoms with Crippen molar-refractivity contribution in [3.63, 3.8) is 0 Å². The molecule has 0 radical (unpaired) electrons. The van der Waals surface area contributed by atoms with E-state index in [9.17, 15) is 4.79 Å². The van der Waals surface area contributed by atoms with Gasteiger partial charge in [0, 0.05) is 29.7 Å². The second kappa shape index (κ2) is 8.45. The van der Waals surface area contributed by atoms with Gasteiger partial charge in [0.1, 0.15) is 11.8 Å². The second-order valence-corrected chi connectivity index (χ2v) is 7.96. The summed E-state index contributed by atoms with van der Waals surface area (Å²) in [6, 6.07) is 7.95. The highest BCUT2D eigenvalue weighted by atomic mass is 16.5. The summed E-state index contributed by atoms with van der Waals surface area (Å²) in [5.74, 6) is 0.119. The third-order valence-corrected chi connectivity index (χ3v) is 5.83. The van der Waals surface area contributed by atoms with E-state index >= 15 is 0 Å². The molecule has 0 aliphatic carbocycles. The van der Waals surface area contributed by atoms with Crippen LogP contribution >= 0.6 is 0 Å². The number of nitrogen functional groups attached to an aromatic ring is 1. The van der Waals surface area contributed by atoms with E-state index in [1.54, 1.807) is 6.33 Å². The molecule has 2 N–H and O–H groups in total. The van der Waals surface area contributed by atoms with Crippen molar-refractivity contribution in [1.29, 1.82) is 0 Å². The Kier molecular flexibility index (Phi) is 5.33. The molecule has 10 nitrogen and oxygen atoms in total. The molecule has 0 amide bonds. The highest BCUT2D eigenvalue weighted by Gasteiger charge is 2.15. The number of aryl methyl sites for hydroxylation is 3. The summed E-state index contributed by atoms with van der Waals surface area (Å²) in [4.78, 5) is 29.5. The molecule has 5 aromatic rings. The van der Waals surface area contributed by atoms with Crippen LogP contribution in [0.5, 0.6) is 0 Å². The Morgan fingerprint density at radius 1 is 1.12 bits per heavy atom. The highest BCUT2D eigenvalue weighted by molar-refractivity contribution is 5.92. The molecule has 0 spiro atoms. The first-order chi connectivity index (χ1) is 16.0. The number of anilines is 1. The largest absolute Gasteiger partial charge is 0.466 e. The van der Waals surface area contributed by atoms with Gasteiger partial charge in [0.2, 0.25) is 0 Å². The molecular formula is C23H24N8O2. The predicted octanol–water partition coefficient (Wildman–Crippen LogP) is 2.79. The lowest BCUT2D eigenvalue weighted by atomic mass is 10.1. The third kappa shape index (κ3) is 3.84. The molecule has 1 aromatic carbocycles. The van der Waals surface area contributed by atoms with E-state index in [0.29, 0.717) is 43.0 Å². The highest BCUT2D eigenvalue weighted by Crippen LogP contribution is 2.23. The summed E-state index contributed by atoms with van der Waals surface area (Å²) in [7, 11) is 0. The van der Waals surface area contributed by atoms with Gasteiger partial charge in [0.15, 0.2) is 17.1 Å². The molecule has 0 aliphatic heterocycles. The number of hydrogen-bond donors (Lipinski definition) is 1. The fourth-order valence-corrected chi connectivity index (χ4v) is 4.12. The molecule has 0 saturated heterocycles. The van der Waals surface area contributed by atoms with Gasteiger partial charge in [0.25, 0.3) is 0 Å². The Morgan fingerprint density at radius 3 is 2.85 bits per heavy atom. The average Bonchev–Trinajstić information content (AvgIpc) is 3.39. The fourth-order valence-electron chi connectivity index (χ4n) is 4.12. The smallest absolute Gasteiger partial charge is 0.306 e. The van der Waals surface area contributed by atoms with Crippen molar-refractivity contribution < 1.29 is 9.53 Å². The Bertz CT molecular complexity index is 1490. The van der Waals surface area contributed by atoms with Gasteiger partial charge < -0.3 is 15.0 Å². The Hall–Kier alpha value is -4.08. The van der Waals surface area contributed by atoms with Gasteiger partial charge in [-0.2, -0.15) is 5.10 Å². The van der Waals surface area contributed by atoms with Crippen LogP contribution < -0.4 is 5.73 Å². The molecular weight excluding hydrogens is 420 g/mol. The summed E-state index contributed by atoms with van der Waals surface area (Å²) in [5.41, 5.74) is 11.7. The summed E-state index contributed by atoms with van der Waals surface area (Å²) >= 11 is 0. The van der Waals surface area contributed by atoms with E-state index in [1.165, 1.54) is 6.33 Å². The lowest BCUT2D eigenvalue weighted by molar-refractivity contribution is -0.143. The lowest BCUT2D eigenvalue weighted by Gasteiger charge is -2.11. The zero-order valence-corrected chi connectivity index (χ0v) is 18.5. The zero-order valence-electron chi connectivity index (χ0n) is 18.5. The number of benzene rings is 1. The number of nitrogens with zero attached hydrogens (tertiary/aromatic N) is 7. The minimum absolute atomic E-state index is 0.235. The molecule has 0 saturated carbocycles. The van der Waals surface area contributed by atoms with Crippen molar-refractivity contribution in [2.75, 3.05) is 12.3 Å². The molecule has 10 heteroatoms. The number of hydrogen-bond acceptors (Lipinski definition) is 8. The van der Waals surface area contributed by atoms with Gasteiger partial charge in [0.05, 0.1) is 18.5 Å². The summed E-state index contributed by atoms with van der Waals surface area (Å²) in [6.07, 6.45) is 4.57. The number of esters is 1. The van der Waals surface area contributed by atoms with Crippen molar-refractivity contribution in [2.45, 2.75) is 39.7 Å². The summed E-state index contributed by atoms with van der Waals surface area (Å²) in [5, 5.41) is 5.69. The number of carbonyl (C=O) groups is 1. The van der Waals surface area contributed by atoms with Crippen LogP contribution in [-0.4, -0.2) is 46.7 Å².